The van der Waals surface area contributed by atoms with Gasteiger partial charge in [0.05, 0.1) is 35.0 Å². The lowest BCUT2D eigenvalue weighted by atomic mass is 9.88. The Hall–Kier alpha value is -2.55. The number of hydrogen-bond donors (Lipinski definition) is 0. The molecule has 0 spiro atoms. The molecule has 3 rings (SSSR count). The van der Waals surface area contributed by atoms with Crippen molar-refractivity contribution in [1.29, 1.82) is 0 Å². The number of rotatable bonds is 9. The molecule has 0 amide bonds. The van der Waals surface area contributed by atoms with E-state index in [-0.39, 0.29) is 40.6 Å². The summed E-state index contributed by atoms with van der Waals surface area (Å²) < 4.78 is 28.3. The van der Waals surface area contributed by atoms with Crippen molar-refractivity contribution in [3.8, 4) is 0 Å². The van der Waals surface area contributed by atoms with Gasteiger partial charge in [-0.3, -0.25) is 9.78 Å². The van der Waals surface area contributed by atoms with E-state index >= 15 is 0 Å². The van der Waals surface area contributed by atoms with Crippen molar-refractivity contribution in [3.05, 3.63) is 74.5 Å². The Morgan fingerprint density at radius 2 is 1.89 bits per heavy atom. The van der Waals surface area contributed by atoms with Gasteiger partial charge in [0.2, 0.25) is 5.43 Å². The summed E-state index contributed by atoms with van der Waals surface area (Å²) >= 11 is 5.96. The lowest BCUT2D eigenvalue weighted by molar-refractivity contribution is 0.0286. The Balaban J connectivity index is 2.23. The van der Waals surface area contributed by atoms with E-state index in [1.165, 1.54) is 6.07 Å². The minimum atomic E-state index is -0.903. The quantitative estimate of drug-likeness (QED) is 0.228. The van der Waals surface area contributed by atoms with E-state index in [0.29, 0.717) is 22.2 Å². The van der Waals surface area contributed by atoms with E-state index < -0.39 is 32.6 Å². The third-order valence-electron chi connectivity index (χ3n) is 6.39. The second-order valence-electron chi connectivity index (χ2n) is 11.7. The van der Waals surface area contributed by atoms with Crippen LogP contribution in [0.15, 0.2) is 41.5 Å². The van der Waals surface area contributed by atoms with Crippen molar-refractivity contribution in [2.75, 3.05) is 6.61 Å². The third kappa shape index (κ3) is 6.71. The van der Waals surface area contributed by atoms with Crippen LogP contribution in [0, 0.1) is 11.7 Å². The molecule has 0 radical (unpaired) electrons. The summed E-state index contributed by atoms with van der Waals surface area (Å²) in [5, 5.41) is 0.431. The van der Waals surface area contributed by atoms with Gasteiger partial charge < -0.3 is 13.7 Å². The summed E-state index contributed by atoms with van der Waals surface area (Å²) in [6.07, 6.45) is 3.34. The lowest BCUT2D eigenvalue weighted by Gasteiger charge is -2.41. The van der Waals surface area contributed by atoms with Gasteiger partial charge >= 0.3 is 5.97 Å². The average Bonchev–Trinajstić information content (AvgIpc) is 2.82. The standard InChI is InChI=1S/C29H38ClFN2O4Si/c1-9-36-27(35)21-16-33(26(17(2)3)29(7,8)37-38-28(4,5)6)23-15-32-19(14-20(23)25(21)34)13-18-11-10-12-22(30)24(18)31/h10-12,14-17,26H,9,13,38H2,1-8H3/t26-/m0/s1. The highest BCUT2D eigenvalue weighted by Crippen LogP contribution is 2.37. The molecule has 38 heavy (non-hydrogen) atoms. The van der Waals surface area contributed by atoms with Crippen molar-refractivity contribution < 1.29 is 18.3 Å². The zero-order valence-corrected chi connectivity index (χ0v) is 25.7. The van der Waals surface area contributed by atoms with Gasteiger partial charge in [-0.1, -0.05) is 58.4 Å². The third-order valence-corrected chi connectivity index (χ3v) is 8.44. The normalized spacial score (nSPS) is 13.6. The monoisotopic (exact) mass is 560 g/mol. The number of nitrogens with zero attached hydrogens (tertiary/aromatic N) is 2. The number of ether oxygens (including phenoxy) is 1. The Kier molecular flexibility index (Phi) is 9.22. The summed E-state index contributed by atoms with van der Waals surface area (Å²) in [4.78, 5) is 31.0. The minimum absolute atomic E-state index is 0.0241. The van der Waals surface area contributed by atoms with Crippen molar-refractivity contribution in [2.24, 2.45) is 5.92 Å². The number of carbonyl (C=O) groups is 1. The summed E-state index contributed by atoms with van der Waals surface area (Å²) in [7, 11) is -0.903. The maximum atomic E-state index is 14.6. The Morgan fingerprint density at radius 3 is 2.50 bits per heavy atom. The molecule has 2 aromatic heterocycles. The smallest absolute Gasteiger partial charge is 0.343 e. The zero-order valence-electron chi connectivity index (χ0n) is 23.5. The molecular weight excluding hydrogens is 523 g/mol. The van der Waals surface area contributed by atoms with Gasteiger partial charge in [-0.25, -0.2) is 9.18 Å². The highest BCUT2D eigenvalue weighted by Gasteiger charge is 2.36. The number of aromatic nitrogens is 2. The van der Waals surface area contributed by atoms with Crippen LogP contribution in [0.5, 0.6) is 0 Å². The SMILES string of the molecule is CCOC(=O)c1cn([C@@H](C(C)C)C(C)(C)O[SiH2]C(C)(C)C)c2cnc(Cc3cccc(Cl)c3F)cc2c1=O. The van der Waals surface area contributed by atoms with Gasteiger partial charge in [-0.05, 0) is 49.4 Å². The molecule has 0 aliphatic heterocycles. The topological polar surface area (TPSA) is 70.4 Å². The first-order chi connectivity index (χ1) is 17.7. The minimum Gasteiger partial charge on any atom is -0.462 e. The van der Waals surface area contributed by atoms with Crippen LogP contribution in [-0.4, -0.2) is 37.5 Å². The molecule has 1 atom stereocenters. The lowest BCUT2D eigenvalue weighted by Crippen LogP contribution is -2.42. The van der Waals surface area contributed by atoms with E-state index in [0.717, 1.165) is 0 Å². The van der Waals surface area contributed by atoms with Crippen LogP contribution in [0.4, 0.5) is 4.39 Å². The number of pyridine rings is 2. The van der Waals surface area contributed by atoms with Crippen LogP contribution in [0.1, 0.15) is 83.0 Å². The Labute approximate surface area is 231 Å². The van der Waals surface area contributed by atoms with Gasteiger partial charge in [0, 0.05) is 23.7 Å². The van der Waals surface area contributed by atoms with Gasteiger partial charge in [-0.2, -0.15) is 0 Å². The van der Waals surface area contributed by atoms with Gasteiger partial charge in [-0.15, -0.1) is 0 Å². The van der Waals surface area contributed by atoms with Crippen LogP contribution in [0.25, 0.3) is 10.9 Å². The molecule has 1 aromatic carbocycles. The van der Waals surface area contributed by atoms with Crippen LogP contribution in [0.3, 0.4) is 0 Å². The number of fused-ring (bicyclic) bond motifs is 1. The fourth-order valence-corrected chi connectivity index (χ4v) is 5.97. The first kappa shape index (κ1) is 30.0. The number of hydrogen-bond acceptors (Lipinski definition) is 5. The molecule has 3 aromatic rings. The van der Waals surface area contributed by atoms with Crippen LogP contribution < -0.4 is 5.43 Å². The molecule has 9 heteroatoms. The molecule has 0 aliphatic rings. The predicted molar refractivity (Wildman–Crippen MR) is 153 cm³/mol. The molecule has 0 bridgehead atoms. The molecule has 0 aliphatic carbocycles. The van der Waals surface area contributed by atoms with Crippen LogP contribution >= 0.6 is 11.6 Å². The largest absolute Gasteiger partial charge is 0.462 e. The summed E-state index contributed by atoms with van der Waals surface area (Å²) in [6, 6.07) is 6.20. The van der Waals surface area contributed by atoms with Crippen LogP contribution in [-0.2, 0) is 15.6 Å². The molecule has 0 saturated heterocycles. The number of esters is 1. The summed E-state index contributed by atoms with van der Waals surface area (Å²) in [6.45, 7) is 16.6. The molecular formula is C29H38ClFN2O4Si. The number of halogens is 2. The number of carbonyl (C=O) groups excluding carboxylic acids is 1. The Morgan fingerprint density at radius 1 is 1.21 bits per heavy atom. The van der Waals surface area contributed by atoms with Gasteiger partial charge in [0.25, 0.3) is 0 Å². The summed E-state index contributed by atoms with van der Waals surface area (Å²) in [5.41, 5.74) is 0.332. The van der Waals surface area contributed by atoms with Gasteiger partial charge in [0.1, 0.15) is 11.4 Å². The molecule has 2 heterocycles. The maximum Gasteiger partial charge on any atom is 0.343 e. The fourth-order valence-electron chi connectivity index (χ4n) is 4.80. The van der Waals surface area contributed by atoms with Gasteiger partial charge in [0.15, 0.2) is 9.76 Å². The first-order valence-electron chi connectivity index (χ1n) is 12.9. The molecule has 0 saturated carbocycles. The van der Waals surface area contributed by atoms with E-state index in [1.54, 1.807) is 37.5 Å². The highest BCUT2D eigenvalue weighted by atomic mass is 35.5. The van der Waals surface area contributed by atoms with E-state index in [2.05, 4.69) is 39.6 Å². The zero-order chi connectivity index (χ0) is 28.4. The second-order valence-corrected chi connectivity index (χ2v) is 14.8. The first-order valence-corrected chi connectivity index (χ1v) is 14.6. The average molecular weight is 561 g/mol. The molecule has 206 valence electrons. The van der Waals surface area contributed by atoms with Crippen LogP contribution in [0.2, 0.25) is 10.1 Å². The van der Waals surface area contributed by atoms with E-state index in [4.69, 9.17) is 20.8 Å². The second kappa shape index (κ2) is 11.7. The molecule has 6 nitrogen and oxygen atoms in total. The summed E-state index contributed by atoms with van der Waals surface area (Å²) in [5.74, 6) is -1.10. The molecule has 0 N–H and O–H groups in total. The van der Waals surface area contributed by atoms with E-state index in [1.807, 2.05) is 18.4 Å². The van der Waals surface area contributed by atoms with Crippen molar-refractivity contribution >= 4 is 38.2 Å². The highest BCUT2D eigenvalue weighted by molar-refractivity contribution is 6.32. The molecule has 0 fully saturated rings. The van der Waals surface area contributed by atoms with Crippen molar-refractivity contribution in [1.82, 2.24) is 9.55 Å². The maximum absolute atomic E-state index is 14.6. The molecule has 0 unspecified atom stereocenters. The van der Waals surface area contributed by atoms with Crippen molar-refractivity contribution in [3.63, 3.8) is 0 Å². The predicted octanol–water partition coefficient (Wildman–Crippen LogP) is 6.25. The fraction of sp³-hybridized carbons (Fsp3) is 0.483. The number of benzene rings is 1. The Bertz CT molecular complexity index is 1380. The van der Waals surface area contributed by atoms with Crippen molar-refractivity contribution in [2.45, 2.75) is 78.5 Å². The van der Waals surface area contributed by atoms with E-state index in [9.17, 15) is 14.0 Å².